The molecule has 11 heteroatoms. The largest absolute Gasteiger partial charge is 0.507 e. The van der Waals surface area contributed by atoms with E-state index in [9.17, 15) is 35.7 Å². The maximum absolute atomic E-state index is 10.3. The van der Waals surface area contributed by atoms with E-state index in [0.29, 0.717) is 0 Å². The lowest BCUT2D eigenvalue weighted by Crippen LogP contribution is -2.60. The van der Waals surface area contributed by atoms with Crippen LogP contribution in [0.1, 0.15) is 0 Å². The molecule has 1 saturated heterocycles. The van der Waals surface area contributed by atoms with Crippen molar-refractivity contribution in [2.75, 3.05) is 6.61 Å². The Morgan fingerprint density at radius 2 is 1.59 bits per heavy atom. The Labute approximate surface area is 180 Å². The molecular weight excluding hydrogens is 428 g/mol. The summed E-state index contributed by atoms with van der Waals surface area (Å²) >= 11 is 0. The molecular formula is C21H21O11+. The second kappa shape index (κ2) is 8.30. The number of fused-ring (bicyclic) bond motifs is 1. The average molecular weight is 449 g/mol. The van der Waals surface area contributed by atoms with E-state index in [2.05, 4.69) is 0 Å². The Bertz CT molecular complexity index is 1150. The highest BCUT2D eigenvalue weighted by molar-refractivity contribution is 5.88. The van der Waals surface area contributed by atoms with Gasteiger partial charge in [-0.2, -0.15) is 0 Å². The lowest BCUT2D eigenvalue weighted by Gasteiger charge is -2.39. The van der Waals surface area contributed by atoms with Crippen molar-refractivity contribution in [1.82, 2.24) is 0 Å². The predicted octanol–water partition coefficient (Wildman–Crippen LogP) is 0.382. The third kappa shape index (κ3) is 3.83. The van der Waals surface area contributed by atoms with Gasteiger partial charge in [0.1, 0.15) is 35.2 Å². The van der Waals surface area contributed by atoms with E-state index in [1.165, 1.54) is 30.3 Å². The van der Waals surface area contributed by atoms with Gasteiger partial charge >= 0.3 is 11.3 Å². The van der Waals surface area contributed by atoms with Crippen LogP contribution in [-0.4, -0.2) is 78.2 Å². The lowest BCUT2D eigenvalue weighted by atomic mass is 9.99. The maximum Gasteiger partial charge on any atom is 0.402 e. The molecule has 0 aliphatic carbocycles. The summed E-state index contributed by atoms with van der Waals surface area (Å²) < 4.78 is 16.2. The van der Waals surface area contributed by atoms with Gasteiger partial charge in [-0.25, -0.2) is 4.42 Å². The number of aromatic hydroxyl groups is 4. The topological polar surface area (TPSA) is 192 Å². The number of hydrogen-bond donors (Lipinski definition) is 8. The van der Waals surface area contributed by atoms with Crippen molar-refractivity contribution in [3.63, 3.8) is 0 Å². The third-order valence-electron chi connectivity index (χ3n) is 5.17. The summed E-state index contributed by atoms with van der Waals surface area (Å²) in [5, 5.41) is 79.5. The first-order valence-corrected chi connectivity index (χ1v) is 9.52. The molecule has 3 aromatic rings. The van der Waals surface area contributed by atoms with E-state index in [1.807, 2.05) is 0 Å². The van der Waals surface area contributed by atoms with Gasteiger partial charge in [0.15, 0.2) is 23.9 Å². The van der Waals surface area contributed by atoms with Gasteiger partial charge in [-0.1, -0.05) is 0 Å². The molecule has 1 aliphatic heterocycles. The van der Waals surface area contributed by atoms with Crippen LogP contribution in [0.3, 0.4) is 0 Å². The Hall–Kier alpha value is -3.35. The first-order valence-electron chi connectivity index (χ1n) is 9.52. The van der Waals surface area contributed by atoms with Crippen molar-refractivity contribution in [2.24, 2.45) is 0 Å². The second-order valence-electron chi connectivity index (χ2n) is 7.33. The van der Waals surface area contributed by atoms with Crippen LogP contribution in [0.25, 0.3) is 22.3 Å². The van der Waals surface area contributed by atoms with Crippen LogP contribution in [0, 0.1) is 0 Å². The molecule has 4 rings (SSSR count). The van der Waals surface area contributed by atoms with E-state index in [0.717, 1.165) is 6.07 Å². The highest BCUT2D eigenvalue weighted by Crippen LogP contribution is 2.41. The highest BCUT2D eigenvalue weighted by atomic mass is 16.7. The van der Waals surface area contributed by atoms with Crippen LogP contribution in [0.4, 0.5) is 0 Å². The molecule has 0 bridgehead atoms. The Morgan fingerprint density at radius 1 is 0.844 bits per heavy atom. The highest BCUT2D eigenvalue weighted by Gasteiger charge is 2.45. The fourth-order valence-electron chi connectivity index (χ4n) is 3.48. The van der Waals surface area contributed by atoms with Gasteiger partial charge in [-0.3, -0.25) is 0 Å². The Kier molecular flexibility index (Phi) is 5.67. The van der Waals surface area contributed by atoms with Crippen LogP contribution in [0.5, 0.6) is 28.7 Å². The Morgan fingerprint density at radius 3 is 2.28 bits per heavy atom. The molecule has 2 heterocycles. The molecule has 0 radical (unpaired) electrons. The monoisotopic (exact) mass is 449 g/mol. The molecule has 11 nitrogen and oxygen atoms in total. The summed E-state index contributed by atoms with van der Waals surface area (Å²) in [7, 11) is 0. The van der Waals surface area contributed by atoms with E-state index in [4.69, 9.17) is 19.0 Å². The number of ether oxygens (including phenoxy) is 2. The standard InChI is InChI=1S/C21H20O11/c22-7-16-17(27)18(28)20(21(29)32-16)30-9-4-12(24)10-6-14(26)19(31-15(10)5-9)8-1-2-11(23)13(25)3-8/h1-6,16-18,20-22,27-29H,7H2,(H3-,23,24,25,26)/p+1. The molecule has 5 unspecified atom stereocenters. The van der Waals surface area contributed by atoms with Gasteiger partial charge in [-0.05, 0) is 12.1 Å². The summed E-state index contributed by atoms with van der Waals surface area (Å²) in [5.41, 5.74) is 0.269. The van der Waals surface area contributed by atoms with Crippen molar-refractivity contribution in [1.29, 1.82) is 0 Å². The minimum atomic E-state index is -1.68. The summed E-state index contributed by atoms with van der Waals surface area (Å²) in [6.45, 7) is -0.628. The quantitative estimate of drug-likeness (QED) is 0.203. The molecule has 0 spiro atoms. The summed E-state index contributed by atoms with van der Waals surface area (Å²) in [6.07, 6.45) is -7.48. The summed E-state index contributed by atoms with van der Waals surface area (Å²) in [6, 6.07) is 7.45. The van der Waals surface area contributed by atoms with Crippen LogP contribution in [-0.2, 0) is 4.74 Å². The van der Waals surface area contributed by atoms with Gasteiger partial charge in [-0.15, -0.1) is 0 Å². The van der Waals surface area contributed by atoms with Crippen molar-refractivity contribution < 1.29 is 54.7 Å². The maximum atomic E-state index is 10.3. The number of benzene rings is 2. The molecule has 0 saturated carbocycles. The van der Waals surface area contributed by atoms with Gasteiger partial charge in [0.2, 0.25) is 5.75 Å². The van der Waals surface area contributed by atoms with Gasteiger partial charge in [0, 0.05) is 18.2 Å². The van der Waals surface area contributed by atoms with Crippen LogP contribution >= 0.6 is 0 Å². The molecule has 170 valence electrons. The normalized spacial score (nSPS) is 25.7. The number of phenols is 3. The fourth-order valence-corrected chi connectivity index (χ4v) is 3.48. The SMILES string of the molecule is OCC1OC(O)C(Oc2cc(O)c3cc(O)c(-c4ccc(O)c(O)c4)[o+]c3c2)C(O)C1O. The van der Waals surface area contributed by atoms with E-state index >= 15 is 0 Å². The number of rotatable bonds is 4. The molecule has 1 aliphatic rings. The molecule has 0 amide bonds. The zero-order valence-electron chi connectivity index (χ0n) is 16.4. The van der Waals surface area contributed by atoms with Crippen molar-refractivity contribution in [2.45, 2.75) is 30.7 Å². The van der Waals surface area contributed by atoms with E-state index in [1.54, 1.807) is 0 Å². The number of hydrogen-bond acceptors (Lipinski definition) is 10. The second-order valence-corrected chi connectivity index (χ2v) is 7.33. The predicted molar refractivity (Wildman–Crippen MR) is 107 cm³/mol. The van der Waals surface area contributed by atoms with Crippen LogP contribution in [0.15, 0.2) is 40.8 Å². The van der Waals surface area contributed by atoms with Gasteiger partial charge < -0.3 is 50.3 Å². The fraction of sp³-hybridized carbons (Fsp3) is 0.286. The Balaban J connectivity index is 1.71. The number of aliphatic hydroxyl groups excluding tert-OH is 4. The molecule has 5 atom stereocenters. The van der Waals surface area contributed by atoms with Crippen LogP contribution < -0.4 is 4.74 Å². The third-order valence-corrected chi connectivity index (χ3v) is 5.17. The molecule has 1 fully saturated rings. The number of phenolic OH excluding ortho intramolecular Hbond substituents is 3. The van der Waals surface area contributed by atoms with Crippen molar-refractivity contribution in [3.8, 4) is 40.1 Å². The molecule has 2 aromatic carbocycles. The lowest BCUT2D eigenvalue weighted by molar-refractivity contribution is -0.280. The van der Waals surface area contributed by atoms with Crippen molar-refractivity contribution >= 4 is 11.0 Å². The average Bonchev–Trinajstić information content (AvgIpc) is 2.76. The molecule has 1 aromatic heterocycles. The van der Waals surface area contributed by atoms with E-state index in [-0.39, 0.29) is 45.3 Å². The summed E-state index contributed by atoms with van der Waals surface area (Å²) in [5.74, 6) is -1.64. The first kappa shape index (κ1) is 21.9. The van der Waals surface area contributed by atoms with E-state index < -0.39 is 43.1 Å². The van der Waals surface area contributed by atoms with Crippen molar-refractivity contribution in [3.05, 3.63) is 36.4 Å². The first-order chi connectivity index (χ1) is 15.2. The van der Waals surface area contributed by atoms with Crippen LogP contribution in [0.2, 0.25) is 0 Å². The molecule has 8 N–H and O–H groups in total. The molecule has 32 heavy (non-hydrogen) atoms. The zero-order chi connectivity index (χ0) is 23.2. The van der Waals surface area contributed by atoms with Gasteiger partial charge in [0.05, 0.1) is 18.2 Å². The van der Waals surface area contributed by atoms with Gasteiger partial charge in [0.25, 0.3) is 0 Å². The summed E-state index contributed by atoms with van der Waals surface area (Å²) in [4.78, 5) is 0. The number of aliphatic hydroxyl groups is 4. The smallest absolute Gasteiger partial charge is 0.402 e. The zero-order valence-corrected chi connectivity index (χ0v) is 16.4. The minimum absolute atomic E-state index is 0.0369. The minimum Gasteiger partial charge on any atom is -0.507 e.